The topological polar surface area (TPSA) is 32.3 Å². The molecule has 0 aromatic carbocycles. The molecule has 1 saturated carbocycles. The molecule has 2 aliphatic rings. The van der Waals surface area contributed by atoms with Crippen LogP contribution < -0.4 is 5.32 Å². The lowest BCUT2D eigenvalue weighted by Crippen LogP contribution is -2.43. The predicted octanol–water partition coefficient (Wildman–Crippen LogP) is 1.59. The van der Waals surface area contributed by atoms with Crippen LogP contribution in [0.15, 0.2) is 0 Å². The fourth-order valence-corrected chi connectivity index (χ4v) is 2.74. The van der Waals surface area contributed by atoms with E-state index in [0.717, 1.165) is 5.92 Å². The fraction of sp³-hybridized carbons (Fsp3) is 0.917. The van der Waals surface area contributed by atoms with Gasteiger partial charge in [0.2, 0.25) is 5.91 Å². The Hall–Kier alpha value is -0.570. The molecule has 1 heterocycles. The van der Waals surface area contributed by atoms with Crippen molar-refractivity contribution in [3.05, 3.63) is 0 Å². The largest absolute Gasteiger partial charge is 0.323 e. The molecule has 1 N–H and O–H groups in total. The molecule has 0 aromatic heterocycles. The van der Waals surface area contributed by atoms with E-state index in [1.165, 1.54) is 19.3 Å². The van der Waals surface area contributed by atoms with Gasteiger partial charge in [-0.25, -0.2) is 0 Å². The third-order valence-electron chi connectivity index (χ3n) is 3.58. The summed E-state index contributed by atoms with van der Waals surface area (Å²) in [7, 11) is 0. The monoisotopic (exact) mass is 210 g/mol. The molecule has 86 valence electrons. The minimum Gasteiger partial charge on any atom is -0.323 e. The van der Waals surface area contributed by atoms with E-state index in [1.54, 1.807) is 0 Å². The highest BCUT2D eigenvalue weighted by Crippen LogP contribution is 2.41. The number of amides is 1. The van der Waals surface area contributed by atoms with Gasteiger partial charge in [0, 0.05) is 6.04 Å². The summed E-state index contributed by atoms with van der Waals surface area (Å²) >= 11 is 0. The van der Waals surface area contributed by atoms with Crippen LogP contribution in [0, 0.1) is 11.8 Å². The first-order valence-electron chi connectivity index (χ1n) is 6.19. The van der Waals surface area contributed by atoms with Crippen LogP contribution >= 0.6 is 0 Å². The molecule has 3 nitrogen and oxygen atoms in total. The Morgan fingerprint density at radius 2 is 2.27 bits per heavy atom. The molecule has 1 amide bonds. The molecule has 1 aliphatic carbocycles. The van der Waals surface area contributed by atoms with Crippen LogP contribution in [-0.4, -0.2) is 29.6 Å². The molecule has 2 fully saturated rings. The van der Waals surface area contributed by atoms with Gasteiger partial charge in [0.15, 0.2) is 0 Å². The van der Waals surface area contributed by atoms with Gasteiger partial charge in [0.1, 0.15) is 0 Å². The van der Waals surface area contributed by atoms with E-state index in [4.69, 9.17) is 0 Å². The lowest BCUT2D eigenvalue weighted by molar-refractivity contribution is -0.129. The first-order chi connectivity index (χ1) is 7.15. The average Bonchev–Trinajstić information content (AvgIpc) is 2.80. The van der Waals surface area contributed by atoms with E-state index in [0.29, 0.717) is 24.4 Å². The molecular formula is C12H22N2O. The van der Waals surface area contributed by atoms with Gasteiger partial charge in [-0.05, 0) is 24.7 Å². The van der Waals surface area contributed by atoms with Gasteiger partial charge in [0.25, 0.3) is 0 Å². The Morgan fingerprint density at radius 1 is 1.53 bits per heavy atom. The molecular weight excluding hydrogens is 188 g/mol. The van der Waals surface area contributed by atoms with Crippen molar-refractivity contribution in [1.82, 2.24) is 10.2 Å². The molecule has 0 bridgehead atoms. The van der Waals surface area contributed by atoms with Crippen molar-refractivity contribution in [2.24, 2.45) is 11.8 Å². The molecule has 0 aromatic rings. The Morgan fingerprint density at radius 3 is 2.87 bits per heavy atom. The van der Waals surface area contributed by atoms with Gasteiger partial charge >= 0.3 is 0 Å². The van der Waals surface area contributed by atoms with Gasteiger partial charge in [-0.1, -0.05) is 27.2 Å². The van der Waals surface area contributed by atoms with Crippen LogP contribution in [0.1, 0.15) is 40.0 Å². The molecule has 3 heteroatoms. The Balaban J connectivity index is 1.97. The second-order valence-electron chi connectivity index (χ2n) is 5.22. The third kappa shape index (κ3) is 2.03. The lowest BCUT2D eigenvalue weighted by atomic mass is 10.1. The summed E-state index contributed by atoms with van der Waals surface area (Å²) < 4.78 is 0. The number of nitrogens with zero attached hydrogens (tertiary/aromatic N) is 1. The second kappa shape index (κ2) is 4.12. The number of carbonyl (C=O) groups is 1. The molecule has 3 unspecified atom stereocenters. The van der Waals surface area contributed by atoms with E-state index in [2.05, 4.69) is 31.0 Å². The van der Waals surface area contributed by atoms with Crippen LogP contribution in [0.2, 0.25) is 0 Å². The first-order valence-corrected chi connectivity index (χ1v) is 6.19. The summed E-state index contributed by atoms with van der Waals surface area (Å²) in [6.07, 6.45) is 4.02. The van der Waals surface area contributed by atoms with Crippen LogP contribution in [0.5, 0.6) is 0 Å². The van der Waals surface area contributed by atoms with Crippen LogP contribution in [-0.2, 0) is 4.79 Å². The SMILES string of the molecule is CCCC1CC1N1C(=O)CNC1C(C)C. The fourth-order valence-electron chi connectivity index (χ4n) is 2.74. The normalized spacial score (nSPS) is 35.3. The van der Waals surface area contributed by atoms with Crippen LogP contribution in [0.25, 0.3) is 0 Å². The predicted molar refractivity (Wildman–Crippen MR) is 60.3 cm³/mol. The quantitative estimate of drug-likeness (QED) is 0.764. The van der Waals surface area contributed by atoms with Crippen molar-refractivity contribution in [1.29, 1.82) is 0 Å². The molecule has 1 aliphatic heterocycles. The maximum Gasteiger partial charge on any atom is 0.238 e. The number of nitrogens with one attached hydrogen (secondary N) is 1. The molecule has 0 radical (unpaired) electrons. The summed E-state index contributed by atoms with van der Waals surface area (Å²) in [6.45, 7) is 7.12. The summed E-state index contributed by atoms with van der Waals surface area (Å²) in [4.78, 5) is 13.9. The van der Waals surface area contributed by atoms with Crippen molar-refractivity contribution in [2.45, 2.75) is 52.2 Å². The van der Waals surface area contributed by atoms with Crippen molar-refractivity contribution in [3.63, 3.8) is 0 Å². The van der Waals surface area contributed by atoms with Gasteiger partial charge in [-0.15, -0.1) is 0 Å². The molecule has 0 spiro atoms. The van der Waals surface area contributed by atoms with Gasteiger partial charge < -0.3 is 4.90 Å². The van der Waals surface area contributed by atoms with Gasteiger partial charge in [-0.2, -0.15) is 0 Å². The minimum atomic E-state index is 0.282. The highest BCUT2D eigenvalue weighted by Gasteiger charge is 2.48. The minimum absolute atomic E-state index is 0.282. The first kappa shape index (κ1) is 10.9. The van der Waals surface area contributed by atoms with E-state index in [1.807, 2.05) is 0 Å². The summed E-state index contributed by atoms with van der Waals surface area (Å²) in [5, 5.41) is 3.32. The van der Waals surface area contributed by atoms with Crippen molar-refractivity contribution in [2.75, 3.05) is 6.54 Å². The average molecular weight is 210 g/mol. The van der Waals surface area contributed by atoms with Crippen molar-refractivity contribution >= 4 is 5.91 Å². The van der Waals surface area contributed by atoms with Crippen molar-refractivity contribution < 1.29 is 4.79 Å². The highest BCUT2D eigenvalue weighted by atomic mass is 16.2. The second-order valence-corrected chi connectivity index (χ2v) is 5.22. The zero-order valence-electron chi connectivity index (χ0n) is 9.99. The summed E-state index contributed by atoms with van der Waals surface area (Å²) in [5.41, 5.74) is 0. The van der Waals surface area contributed by atoms with Crippen LogP contribution in [0.3, 0.4) is 0 Å². The van der Waals surface area contributed by atoms with Crippen molar-refractivity contribution in [3.8, 4) is 0 Å². The van der Waals surface area contributed by atoms with E-state index < -0.39 is 0 Å². The maximum absolute atomic E-state index is 11.8. The molecule has 1 saturated heterocycles. The lowest BCUT2D eigenvalue weighted by Gasteiger charge is -2.27. The molecule has 15 heavy (non-hydrogen) atoms. The highest BCUT2D eigenvalue weighted by molar-refractivity contribution is 5.81. The zero-order chi connectivity index (χ0) is 11.0. The maximum atomic E-state index is 11.8. The zero-order valence-corrected chi connectivity index (χ0v) is 9.99. The molecule has 3 atom stereocenters. The van der Waals surface area contributed by atoms with Gasteiger partial charge in [0.05, 0.1) is 12.7 Å². The summed E-state index contributed by atoms with van der Waals surface area (Å²) in [5.74, 6) is 1.59. The number of carbonyl (C=O) groups excluding carboxylic acids is 1. The number of rotatable bonds is 4. The van der Waals surface area contributed by atoms with Gasteiger partial charge in [-0.3, -0.25) is 10.1 Å². The Labute approximate surface area is 92.2 Å². The number of hydrogen-bond donors (Lipinski definition) is 1. The summed E-state index contributed by atoms with van der Waals surface area (Å²) in [6, 6.07) is 0.542. The molecule has 2 rings (SSSR count). The standard InChI is InChI=1S/C12H22N2O/c1-4-5-9-6-10(9)14-11(15)7-13-12(14)8(2)3/h8-10,12-13H,4-7H2,1-3H3. The van der Waals surface area contributed by atoms with E-state index in [9.17, 15) is 4.79 Å². The Kier molecular flexibility index (Phi) is 3.01. The third-order valence-corrected chi connectivity index (χ3v) is 3.58. The smallest absolute Gasteiger partial charge is 0.238 e. The number of hydrogen-bond acceptors (Lipinski definition) is 2. The van der Waals surface area contributed by atoms with E-state index in [-0.39, 0.29) is 6.17 Å². The Bertz CT molecular complexity index is 252. The van der Waals surface area contributed by atoms with E-state index >= 15 is 0 Å². The van der Waals surface area contributed by atoms with Crippen LogP contribution in [0.4, 0.5) is 0 Å².